The molecule has 6 heterocycles. The zero-order chi connectivity index (χ0) is 59.9. The van der Waals surface area contributed by atoms with Gasteiger partial charge in [-0.05, 0) is 86.3 Å². The van der Waals surface area contributed by atoms with Gasteiger partial charge in [0, 0.05) is 135 Å². The molecule has 430 valence electrons. The molecule has 10 nitrogen and oxygen atoms in total. The quantitative estimate of drug-likeness (QED) is 0.137. The Balaban J connectivity index is 1.20. The Hall–Kier alpha value is -9.14. The van der Waals surface area contributed by atoms with Gasteiger partial charge in [-0.25, -0.2) is 9.59 Å². The molecule has 6 aliphatic rings. The van der Waals surface area contributed by atoms with Gasteiger partial charge in [-0.15, -0.1) is 0 Å². The van der Waals surface area contributed by atoms with Crippen LogP contribution in [0.2, 0.25) is 0 Å². The van der Waals surface area contributed by atoms with Gasteiger partial charge in [0.2, 0.25) is 0 Å². The Labute approximate surface area is 503 Å². The summed E-state index contributed by atoms with van der Waals surface area (Å²) < 4.78 is 46.3. The predicted octanol–water partition coefficient (Wildman–Crippen LogP) is 13.2. The van der Waals surface area contributed by atoms with E-state index in [4.69, 9.17) is 37.9 Å². The standard InChI is InChI=1S/C75H70O10/c1-7-11-15-27-57-45-58(28-16-12-8-2)48-61(47-57)35-37-65-51-67-33-21-25-41-82-74(77)83-42-26-22-34-68-52-66(38-36-62-49-59(29-17-13-9-3)46-60(50-62)30-18-14-10-4)64(54-70(68)72-84-55-75(5,6)56-85-72)32-20-24-40-81-73(76)80-39-23-19-31-63(65)53-69(67)71-78-43-44-79-71/h45-54,71-72H,7-14,23-26,39-44,55-56H2,1-6H3. The maximum absolute atomic E-state index is 12.9. The number of benzene rings is 4. The van der Waals surface area contributed by atoms with Crippen molar-refractivity contribution in [3.63, 3.8) is 0 Å². The van der Waals surface area contributed by atoms with Crippen LogP contribution in [0.1, 0.15) is 209 Å². The Bertz CT molecular complexity index is 3640. The summed E-state index contributed by atoms with van der Waals surface area (Å²) in [5, 5.41) is 0. The van der Waals surface area contributed by atoms with Crippen LogP contribution in [0.3, 0.4) is 0 Å². The Morgan fingerprint density at radius 3 is 1.02 bits per heavy atom. The van der Waals surface area contributed by atoms with Gasteiger partial charge in [0.15, 0.2) is 12.6 Å². The lowest BCUT2D eigenvalue weighted by molar-refractivity contribution is -0.226. The molecule has 0 aliphatic carbocycles. The Kier molecular flexibility index (Phi) is 25.7. The van der Waals surface area contributed by atoms with Gasteiger partial charge in [-0.3, -0.25) is 0 Å². The van der Waals surface area contributed by atoms with Crippen molar-refractivity contribution in [1.29, 1.82) is 0 Å². The summed E-state index contributed by atoms with van der Waals surface area (Å²) in [6.07, 6.45) is 4.56. The summed E-state index contributed by atoms with van der Waals surface area (Å²) in [5.41, 5.74) is 9.48. The molecule has 0 unspecified atom stereocenters. The molecule has 10 heteroatoms. The third-order valence-corrected chi connectivity index (χ3v) is 12.4. The molecule has 0 radical (unpaired) electrons. The third-order valence-electron chi connectivity index (χ3n) is 12.4. The average molecular weight is 1130 g/mol. The van der Waals surface area contributed by atoms with Crippen LogP contribution in [0.15, 0.2) is 60.7 Å². The third kappa shape index (κ3) is 21.5. The SMILES string of the molecule is CCCC#Cc1cc(C#CCCC)cc(C#Cc2cc3c(C4OCCO4)cc2C#CCCOC(=O)OCCC#Cc2cc(C4OCC(C)(C)CO4)c(cc2C#Cc2cc(C#CCCC)cc(C#CCCC)c2)C#CCCOC(=O)OCCC#C3)c1. The summed E-state index contributed by atoms with van der Waals surface area (Å²) in [5.74, 6) is 65.1. The first-order valence-electron chi connectivity index (χ1n) is 29.2. The van der Waals surface area contributed by atoms with E-state index in [2.05, 4.69) is 160 Å². The molecule has 2 saturated heterocycles. The number of rotatable bonds is 6. The van der Waals surface area contributed by atoms with E-state index in [-0.39, 0.29) is 57.5 Å². The maximum Gasteiger partial charge on any atom is 0.508 e. The largest absolute Gasteiger partial charge is 0.508 e. The molecule has 2 fully saturated rings. The summed E-state index contributed by atoms with van der Waals surface area (Å²) >= 11 is 0. The second-order valence-corrected chi connectivity index (χ2v) is 20.6. The van der Waals surface area contributed by atoms with E-state index in [1.165, 1.54) is 0 Å². The van der Waals surface area contributed by atoms with Crippen molar-refractivity contribution in [1.82, 2.24) is 0 Å². The maximum atomic E-state index is 12.9. The molecule has 0 aromatic heterocycles. The van der Waals surface area contributed by atoms with Gasteiger partial charge in [0.25, 0.3) is 0 Å². The minimum atomic E-state index is -0.845. The van der Waals surface area contributed by atoms with Crippen LogP contribution >= 0.6 is 0 Å². The highest BCUT2D eigenvalue weighted by atomic mass is 16.7. The molecule has 0 N–H and O–H groups in total. The number of ether oxygens (including phenoxy) is 8. The van der Waals surface area contributed by atoms with Crippen molar-refractivity contribution >= 4 is 12.3 Å². The van der Waals surface area contributed by atoms with Crippen LogP contribution in [-0.2, 0) is 37.9 Å². The van der Waals surface area contributed by atoms with Crippen molar-refractivity contribution in [2.75, 3.05) is 52.9 Å². The van der Waals surface area contributed by atoms with E-state index in [1.807, 2.05) is 60.7 Å². The minimum absolute atomic E-state index is 0.0270. The highest BCUT2D eigenvalue weighted by molar-refractivity contribution is 5.63. The monoisotopic (exact) mass is 1130 g/mol. The Morgan fingerprint density at radius 1 is 0.388 bits per heavy atom. The summed E-state index contributed by atoms with van der Waals surface area (Å²) in [6, 6.07) is 19.3. The minimum Gasteiger partial charge on any atom is -0.433 e. The molecule has 10 rings (SSSR count). The average Bonchev–Trinajstić information content (AvgIpc) is 4.23. The van der Waals surface area contributed by atoms with Crippen LogP contribution in [0.25, 0.3) is 0 Å². The first kappa shape index (κ1) is 63.4. The second-order valence-electron chi connectivity index (χ2n) is 20.6. The van der Waals surface area contributed by atoms with Gasteiger partial charge in [0.1, 0.15) is 26.4 Å². The van der Waals surface area contributed by atoms with Gasteiger partial charge in [-0.1, -0.05) is 160 Å². The fourth-order valence-electron chi connectivity index (χ4n) is 8.24. The molecular weight excluding hydrogens is 1060 g/mol. The summed E-state index contributed by atoms with van der Waals surface area (Å²) in [7, 11) is 0. The Morgan fingerprint density at radius 2 is 0.694 bits per heavy atom. The van der Waals surface area contributed by atoms with E-state index in [0.29, 0.717) is 70.9 Å². The molecule has 6 aliphatic heterocycles. The predicted molar refractivity (Wildman–Crippen MR) is 329 cm³/mol. The molecule has 4 aromatic carbocycles. The van der Waals surface area contributed by atoms with Crippen molar-refractivity contribution < 1.29 is 47.5 Å². The number of unbranched alkanes of at least 4 members (excludes halogenated alkanes) is 4. The smallest absolute Gasteiger partial charge is 0.433 e. The van der Waals surface area contributed by atoms with Crippen molar-refractivity contribution in [3.05, 3.63) is 139 Å². The van der Waals surface area contributed by atoms with Gasteiger partial charge >= 0.3 is 12.3 Å². The van der Waals surface area contributed by atoms with Crippen LogP contribution in [0.5, 0.6) is 0 Å². The fraction of sp³-hybridized carbons (Fsp3) is 0.387. The molecule has 4 aromatic rings. The van der Waals surface area contributed by atoms with E-state index in [1.54, 1.807) is 0 Å². The lowest BCUT2D eigenvalue weighted by Crippen LogP contribution is -2.34. The van der Waals surface area contributed by atoms with Crippen molar-refractivity contribution in [2.45, 2.75) is 131 Å². The lowest BCUT2D eigenvalue weighted by Gasteiger charge is -2.35. The van der Waals surface area contributed by atoms with E-state index in [0.717, 1.165) is 84.7 Å². The van der Waals surface area contributed by atoms with Crippen molar-refractivity contribution in [2.24, 2.45) is 5.41 Å². The number of carbonyl (C=O) groups is 2. The van der Waals surface area contributed by atoms with E-state index in [9.17, 15) is 9.59 Å². The van der Waals surface area contributed by atoms with Crippen molar-refractivity contribution in [3.8, 4) is 118 Å². The molecular formula is C75H70O10. The van der Waals surface area contributed by atoms with Gasteiger partial charge in [-0.2, -0.15) is 0 Å². The first-order chi connectivity index (χ1) is 41.5. The van der Waals surface area contributed by atoms with Crippen LogP contribution < -0.4 is 0 Å². The van der Waals surface area contributed by atoms with Crippen LogP contribution in [-0.4, -0.2) is 65.2 Å². The zero-order valence-electron chi connectivity index (χ0n) is 49.7. The first-order valence-corrected chi connectivity index (χ1v) is 29.2. The van der Waals surface area contributed by atoms with E-state index >= 15 is 0 Å². The molecule has 0 amide bonds. The highest BCUT2D eigenvalue weighted by Crippen LogP contribution is 2.34. The van der Waals surface area contributed by atoms with Crippen LogP contribution in [0, 0.1) is 124 Å². The normalized spacial score (nSPS) is 15.1. The molecule has 85 heavy (non-hydrogen) atoms. The number of carbonyl (C=O) groups excluding carboxylic acids is 2. The molecule has 4 bridgehead atoms. The number of hydrogen-bond donors (Lipinski definition) is 0. The second kappa shape index (κ2) is 34.5. The van der Waals surface area contributed by atoms with Gasteiger partial charge in [0.05, 0.1) is 26.4 Å². The van der Waals surface area contributed by atoms with Gasteiger partial charge < -0.3 is 37.9 Å². The zero-order valence-corrected chi connectivity index (χ0v) is 49.7. The number of hydrogen-bond acceptors (Lipinski definition) is 10. The van der Waals surface area contributed by atoms with E-state index < -0.39 is 24.9 Å². The molecule has 0 atom stereocenters. The summed E-state index contributed by atoms with van der Waals surface area (Å²) in [6.45, 7) is 14.1. The topological polar surface area (TPSA) is 108 Å². The molecule has 0 saturated carbocycles. The fourth-order valence-corrected chi connectivity index (χ4v) is 8.24. The lowest BCUT2D eigenvalue weighted by atomic mass is 9.94. The summed E-state index contributed by atoms with van der Waals surface area (Å²) in [4.78, 5) is 25.8. The van der Waals surface area contributed by atoms with Crippen LogP contribution in [0.4, 0.5) is 9.59 Å². The highest BCUT2D eigenvalue weighted by Gasteiger charge is 2.31. The molecule has 0 spiro atoms.